The monoisotopic (exact) mass is 653 g/mol. The first kappa shape index (κ1) is 31.2. The molecule has 6 atom stereocenters. The second-order valence-corrected chi connectivity index (χ2v) is 13.5. The topological polar surface area (TPSA) is 90.4 Å². The van der Waals surface area contributed by atoms with Crippen LogP contribution in [0.3, 0.4) is 0 Å². The van der Waals surface area contributed by atoms with Gasteiger partial charge in [0.1, 0.15) is 11.6 Å². The number of carbonyl (C=O) groups excluding carboxylic acids is 3. The van der Waals surface area contributed by atoms with E-state index in [1.807, 2.05) is 134 Å². The molecule has 2 saturated heterocycles. The summed E-state index contributed by atoms with van der Waals surface area (Å²) >= 11 is 0. The zero-order chi connectivity index (χ0) is 33.8. The predicted molar refractivity (Wildman–Crippen MR) is 189 cm³/mol. The van der Waals surface area contributed by atoms with E-state index in [0.29, 0.717) is 25.1 Å². The van der Waals surface area contributed by atoms with Crippen molar-refractivity contribution in [3.63, 3.8) is 0 Å². The van der Waals surface area contributed by atoms with E-state index in [9.17, 15) is 9.90 Å². The fourth-order valence-corrected chi connectivity index (χ4v) is 8.65. The smallest absolute Gasteiger partial charge is 0.253 e. The zero-order valence-electron chi connectivity index (χ0n) is 27.4. The molecule has 4 heterocycles. The molecule has 8 rings (SSSR count). The highest BCUT2D eigenvalue weighted by Gasteiger charge is 2.76. The highest BCUT2D eigenvalue weighted by molar-refractivity contribution is 6.08. The quantitative estimate of drug-likeness (QED) is 0.273. The number of carbonyl (C=O) groups is 3. The van der Waals surface area contributed by atoms with Gasteiger partial charge in [0, 0.05) is 24.5 Å². The van der Waals surface area contributed by atoms with Gasteiger partial charge in [-0.2, -0.15) is 0 Å². The zero-order valence-corrected chi connectivity index (χ0v) is 27.4. The van der Waals surface area contributed by atoms with Crippen LogP contribution in [0, 0.1) is 11.8 Å². The summed E-state index contributed by atoms with van der Waals surface area (Å²) in [5.41, 5.74) is -0.187. The third-order valence-electron chi connectivity index (χ3n) is 10.9. The van der Waals surface area contributed by atoms with Gasteiger partial charge in [0.25, 0.3) is 5.91 Å². The fraction of sp³-hybridized carbons (Fsp3) is 0.293. The van der Waals surface area contributed by atoms with E-state index in [2.05, 4.69) is 0 Å². The lowest BCUT2D eigenvalue weighted by atomic mass is 9.73. The summed E-state index contributed by atoms with van der Waals surface area (Å²) in [4.78, 5) is 50.1. The number of aliphatic hydroxyl groups excluding tert-OH is 1. The predicted octanol–water partition coefficient (Wildman–Crippen LogP) is 5.31. The van der Waals surface area contributed by atoms with Crippen LogP contribution in [0.25, 0.3) is 10.8 Å². The molecule has 3 amide bonds. The van der Waals surface area contributed by atoms with E-state index >= 15 is 9.59 Å². The maximum Gasteiger partial charge on any atom is 0.253 e. The van der Waals surface area contributed by atoms with E-state index < -0.39 is 35.1 Å². The number of para-hydroxylation sites is 1. The van der Waals surface area contributed by atoms with Crippen LogP contribution in [-0.4, -0.2) is 70.7 Å². The lowest BCUT2D eigenvalue weighted by molar-refractivity contribution is -0.149. The molecule has 2 fully saturated rings. The van der Waals surface area contributed by atoms with Crippen LogP contribution in [-0.2, 0) is 25.5 Å². The van der Waals surface area contributed by atoms with Crippen molar-refractivity contribution in [2.24, 2.45) is 11.8 Å². The molecule has 8 heteroatoms. The molecular weight excluding hydrogens is 614 g/mol. The number of hydrogen-bond donors (Lipinski definition) is 1. The molecule has 1 spiro atoms. The number of likely N-dealkylation sites (tertiary alicyclic amines) is 1. The van der Waals surface area contributed by atoms with Crippen molar-refractivity contribution in [1.82, 2.24) is 4.90 Å². The second kappa shape index (κ2) is 12.1. The Balaban J connectivity index is 1.28. The SMILES string of the molecule is CC[C@]12C=CCN(c3ccccc3)C(=O)[C@H]1[C@H]1C(=O)N([C@@H](CO)Cc3ccccc3)C3C(=O)N(c4ccc5ccccc5c4)CC=C[C@@]31O2. The van der Waals surface area contributed by atoms with Crippen molar-refractivity contribution >= 4 is 39.9 Å². The number of aliphatic hydroxyl groups is 1. The molecule has 0 saturated carbocycles. The lowest BCUT2D eigenvalue weighted by Gasteiger charge is -2.41. The first-order chi connectivity index (χ1) is 23.9. The maximum absolute atomic E-state index is 15.2. The molecule has 1 unspecified atom stereocenters. The molecule has 0 aliphatic carbocycles. The van der Waals surface area contributed by atoms with Crippen LogP contribution in [0.1, 0.15) is 18.9 Å². The maximum atomic E-state index is 15.2. The van der Waals surface area contributed by atoms with E-state index in [1.165, 1.54) is 0 Å². The van der Waals surface area contributed by atoms with Crippen molar-refractivity contribution in [2.75, 3.05) is 29.5 Å². The number of hydrogen-bond acceptors (Lipinski definition) is 5. The number of amides is 3. The first-order valence-electron chi connectivity index (χ1n) is 17.1. The minimum Gasteiger partial charge on any atom is -0.394 e. The molecule has 4 aromatic rings. The van der Waals surface area contributed by atoms with Crippen molar-refractivity contribution in [2.45, 2.75) is 43.1 Å². The molecule has 49 heavy (non-hydrogen) atoms. The Kier molecular flexibility index (Phi) is 7.73. The Bertz CT molecular complexity index is 1980. The Morgan fingerprint density at radius 1 is 0.735 bits per heavy atom. The normalized spacial score (nSPS) is 28.3. The molecule has 1 N–H and O–H groups in total. The third-order valence-corrected chi connectivity index (χ3v) is 10.9. The Morgan fingerprint density at radius 3 is 2.10 bits per heavy atom. The largest absolute Gasteiger partial charge is 0.394 e. The van der Waals surface area contributed by atoms with Gasteiger partial charge in [-0.15, -0.1) is 0 Å². The number of benzene rings is 4. The lowest BCUT2D eigenvalue weighted by Crippen LogP contribution is -2.59. The standard InChI is InChI=1S/C41H39N3O5/c1-2-40-21-11-23-42(31-17-7-4-8-18-31)37(46)34(40)35-38(47)44(33(27-45)25-28-13-5-3-6-14-28)36-39(48)43(24-12-22-41(35,36)49-40)32-20-19-29-15-9-10-16-30(29)26-32/h3-22,26,33-36,45H,2,23-25,27H2,1H3/t33-,34-,35+,36?,40+,41+/m1/s1. The Morgan fingerprint density at radius 2 is 1.39 bits per heavy atom. The van der Waals surface area contributed by atoms with Gasteiger partial charge in [-0.25, -0.2) is 0 Å². The van der Waals surface area contributed by atoms with Crippen LogP contribution < -0.4 is 9.80 Å². The summed E-state index contributed by atoms with van der Waals surface area (Å²) in [7, 11) is 0. The van der Waals surface area contributed by atoms with Crippen LogP contribution in [0.15, 0.2) is 127 Å². The summed E-state index contributed by atoms with van der Waals surface area (Å²) in [5.74, 6) is -2.75. The number of anilines is 2. The van der Waals surface area contributed by atoms with Crippen molar-refractivity contribution < 1.29 is 24.2 Å². The van der Waals surface area contributed by atoms with Crippen molar-refractivity contribution in [1.29, 1.82) is 0 Å². The van der Waals surface area contributed by atoms with Gasteiger partial charge in [0.15, 0.2) is 0 Å². The average molecular weight is 654 g/mol. The van der Waals surface area contributed by atoms with Gasteiger partial charge in [0.05, 0.1) is 30.1 Å². The molecule has 4 aliphatic heterocycles. The van der Waals surface area contributed by atoms with Crippen LogP contribution in [0.2, 0.25) is 0 Å². The van der Waals surface area contributed by atoms with Crippen molar-refractivity contribution in [3.05, 3.63) is 133 Å². The molecule has 4 aromatic carbocycles. The summed E-state index contributed by atoms with van der Waals surface area (Å²) < 4.78 is 7.19. The van der Waals surface area contributed by atoms with E-state index in [1.54, 1.807) is 14.7 Å². The Labute approximate surface area is 285 Å². The minimum absolute atomic E-state index is 0.214. The number of rotatable bonds is 7. The molecule has 0 aromatic heterocycles. The van der Waals surface area contributed by atoms with Gasteiger partial charge in [-0.05, 0) is 53.4 Å². The van der Waals surface area contributed by atoms with Gasteiger partial charge >= 0.3 is 0 Å². The highest BCUT2D eigenvalue weighted by Crippen LogP contribution is 2.59. The summed E-state index contributed by atoms with van der Waals surface area (Å²) in [6, 6.07) is 31.2. The third kappa shape index (κ3) is 4.84. The van der Waals surface area contributed by atoms with Gasteiger partial charge in [-0.1, -0.05) is 110 Å². The number of ether oxygens (including phenoxy) is 1. The molecule has 0 bridgehead atoms. The molecular formula is C41H39N3O5. The molecule has 4 aliphatic rings. The summed E-state index contributed by atoms with van der Waals surface area (Å²) in [5, 5.41) is 13.0. The number of nitrogens with zero attached hydrogens (tertiary/aromatic N) is 3. The van der Waals surface area contributed by atoms with Gasteiger partial charge in [-0.3, -0.25) is 14.4 Å². The molecule has 8 nitrogen and oxygen atoms in total. The van der Waals surface area contributed by atoms with Gasteiger partial charge in [0.2, 0.25) is 11.8 Å². The van der Waals surface area contributed by atoms with E-state index in [4.69, 9.17) is 4.74 Å². The van der Waals surface area contributed by atoms with Crippen LogP contribution in [0.5, 0.6) is 0 Å². The van der Waals surface area contributed by atoms with E-state index in [0.717, 1.165) is 22.0 Å². The number of fused-ring (bicyclic) bond motifs is 3. The highest BCUT2D eigenvalue weighted by atomic mass is 16.5. The first-order valence-corrected chi connectivity index (χ1v) is 17.1. The fourth-order valence-electron chi connectivity index (χ4n) is 8.65. The van der Waals surface area contributed by atoms with Crippen LogP contribution in [0.4, 0.5) is 11.4 Å². The average Bonchev–Trinajstić information content (AvgIpc) is 3.43. The summed E-state index contributed by atoms with van der Waals surface area (Å²) in [6.45, 7) is 2.21. The van der Waals surface area contributed by atoms with Crippen molar-refractivity contribution in [3.8, 4) is 0 Å². The minimum atomic E-state index is -1.44. The van der Waals surface area contributed by atoms with Gasteiger partial charge < -0.3 is 24.5 Å². The molecule has 0 radical (unpaired) electrons. The second-order valence-electron chi connectivity index (χ2n) is 13.5. The van der Waals surface area contributed by atoms with Crippen LogP contribution >= 0.6 is 0 Å². The van der Waals surface area contributed by atoms with E-state index in [-0.39, 0.29) is 30.9 Å². The molecule has 248 valence electrons. The Hall–Kier alpha value is -5.05. The summed E-state index contributed by atoms with van der Waals surface area (Å²) in [6.07, 6.45) is 8.43.